The molecule has 2 amide bonds. The van der Waals surface area contributed by atoms with Crippen LogP contribution in [0.3, 0.4) is 0 Å². The largest absolute Gasteiger partial charge is 0.481 e. The molecule has 0 aliphatic rings. The van der Waals surface area contributed by atoms with Gasteiger partial charge in [0.25, 0.3) is 0 Å². The van der Waals surface area contributed by atoms with Crippen molar-refractivity contribution < 1.29 is 14.7 Å². The molecule has 0 radical (unpaired) electrons. The number of carbonyl (C=O) groups is 2. The Bertz CT molecular complexity index is 236. The van der Waals surface area contributed by atoms with Crippen LogP contribution in [-0.4, -0.2) is 41.7 Å². The van der Waals surface area contributed by atoms with Crippen molar-refractivity contribution in [3.63, 3.8) is 0 Å². The predicted molar refractivity (Wildman–Crippen MR) is 65.8 cm³/mol. The molecule has 0 bridgehead atoms. The lowest BCUT2D eigenvalue weighted by atomic mass is 10.2. The molecule has 0 aliphatic carbocycles. The van der Waals surface area contributed by atoms with Crippen LogP contribution in [0.5, 0.6) is 0 Å². The zero-order valence-electron chi connectivity index (χ0n) is 9.95. The summed E-state index contributed by atoms with van der Waals surface area (Å²) in [6.45, 7) is 3.71. The van der Waals surface area contributed by atoms with Gasteiger partial charge in [0.2, 0.25) is 0 Å². The fraction of sp³-hybridized carbons (Fsp3) is 0.800. The van der Waals surface area contributed by atoms with Crippen LogP contribution >= 0.6 is 11.8 Å². The predicted octanol–water partition coefficient (Wildman–Crippen LogP) is 1.15. The van der Waals surface area contributed by atoms with Crippen molar-refractivity contribution in [1.29, 1.82) is 0 Å². The summed E-state index contributed by atoms with van der Waals surface area (Å²) in [6, 6.07) is -0.163. The highest BCUT2D eigenvalue weighted by Crippen LogP contribution is 2.00. The fourth-order valence-electron chi connectivity index (χ4n) is 1.03. The molecule has 0 rings (SSSR count). The van der Waals surface area contributed by atoms with E-state index in [1.54, 1.807) is 18.7 Å². The fourth-order valence-corrected chi connectivity index (χ4v) is 1.75. The van der Waals surface area contributed by atoms with E-state index in [2.05, 4.69) is 10.6 Å². The maximum Gasteiger partial charge on any atom is 0.315 e. The van der Waals surface area contributed by atoms with Crippen LogP contribution in [0, 0.1) is 5.92 Å². The number of amides is 2. The number of carboxylic acid groups (broad SMARTS) is 1. The van der Waals surface area contributed by atoms with Gasteiger partial charge in [0.05, 0.1) is 5.92 Å². The summed E-state index contributed by atoms with van der Waals surface area (Å²) in [5.74, 6) is -0.610. The molecule has 5 nitrogen and oxygen atoms in total. The van der Waals surface area contributed by atoms with Gasteiger partial charge in [0, 0.05) is 18.3 Å². The summed E-state index contributed by atoms with van der Waals surface area (Å²) in [6.07, 6.45) is 2.84. The van der Waals surface area contributed by atoms with Crippen LogP contribution in [0.4, 0.5) is 4.79 Å². The van der Waals surface area contributed by atoms with Gasteiger partial charge < -0.3 is 15.7 Å². The number of thioether (sulfide) groups is 1. The van der Waals surface area contributed by atoms with Gasteiger partial charge >= 0.3 is 12.0 Å². The van der Waals surface area contributed by atoms with E-state index in [0.29, 0.717) is 0 Å². The summed E-state index contributed by atoms with van der Waals surface area (Å²) in [7, 11) is 0. The molecule has 3 N–H and O–H groups in total. The highest BCUT2D eigenvalue weighted by atomic mass is 32.2. The van der Waals surface area contributed by atoms with E-state index in [-0.39, 0.29) is 18.6 Å². The molecule has 0 aromatic carbocycles. The third-order valence-electron chi connectivity index (χ3n) is 2.19. The van der Waals surface area contributed by atoms with E-state index in [1.807, 2.05) is 13.2 Å². The Morgan fingerprint density at radius 2 is 2.06 bits per heavy atom. The lowest BCUT2D eigenvalue weighted by Crippen LogP contribution is -2.44. The zero-order chi connectivity index (χ0) is 12.6. The maximum absolute atomic E-state index is 11.4. The van der Waals surface area contributed by atoms with Gasteiger partial charge in [0.1, 0.15) is 0 Å². The third kappa shape index (κ3) is 6.55. The van der Waals surface area contributed by atoms with Crippen molar-refractivity contribution in [1.82, 2.24) is 10.6 Å². The summed E-state index contributed by atoms with van der Waals surface area (Å²) in [5.41, 5.74) is 0. The normalized spacial score (nSPS) is 13.9. The Balaban J connectivity index is 3.84. The van der Waals surface area contributed by atoms with Crippen molar-refractivity contribution in [2.45, 2.75) is 26.3 Å². The zero-order valence-corrected chi connectivity index (χ0v) is 10.8. The van der Waals surface area contributed by atoms with E-state index >= 15 is 0 Å². The molecular formula is C10H20N2O3S. The average Bonchev–Trinajstić information content (AvgIpc) is 2.24. The monoisotopic (exact) mass is 248 g/mol. The summed E-state index contributed by atoms with van der Waals surface area (Å²) in [4.78, 5) is 21.9. The number of aliphatic carboxylic acids is 1. The molecule has 2 unspecified atom stereocenters. The van der Waals surface area contributed by atoms with E-state index < -0.39 is 11.9 Å². The third-order valence-corrected chi connectivity index (χ3v) is 2.92. The Kier molecular flexibility index (Phi) is 7.80. The minimum atomic E-state index is -0.906. The van der Waals surface area contributed by atoms with Gasteiger partial charge in [-0.05, 0) is 12.7 Å². The van der Waals surface area contributed by atoms with E-state index in [9.17, 15) is 9.59 Å². The molecule has 16 heavy (non-hydrogen) atoms. The minimum Gasteiger partial charge on any atom is -0.481 e. The lowest BCUT2D eigenvalue weighted by molar-refractivity contribution is -0.140. The summed E-state index contributed by atoms with van der Waals surface area (Å²) >= 11 is 1.67. The number of hydrogen-bond donors (Lipinski definition) is 3. The molecule has 0 fully saturated rings. The first-order chi connectivity index (χ1) is 7.51. The number of hydrogen-bond acceptors (Lipinski definition) is 3. The van der Waals surface area contributed by atoms with Crippen molar-refractivity contribution in [3.8, 4) is 0 Å². The Hall–Kier alpha value is -0.910. The van der Waals surface area contributed by atoms with Crippen molar-refractivity contribution in [3.05, 3.63) is 0 Å². The number of carboxylic acids is 1. The second-order valence-electron chi connectivity index (χ2n) is 3.65. The highest BCUT2D eigenvalue weighted by molar-refractivity contribution is 7.98. The first-order valence-corrected chi connectivity index (χ1v) is 6.66. The first-order valence-electron chi connectivity index (χ1n) is 5.27. The first kappa shape index (κ1) is 15.1. The Labute approximate surface area is 100 Å². The van der Waals surface area contributed by atoms with Crippen LogP contribution in [0.1, 0.15) is 20.3 Å². The SMILES string of the molecule is CCC(CSC)NC(=O)NCC(C)C(=O)O. The topological polar surface area (TPSA) is 78.4 Å². The maximum atomic E-state index is 11.4. The molecule has 0 aromatic heterocycles. The number of nitrogens with one attached hydrogen (secondary N) is 2. The molecule has 0 saturated heterocycles. The Morgan fingerprint density at radius 1 is 1.44 bits per heavy atom. The van der Waals surface area contributed by atoms with Gasteiger partial charge in [-0.15, -0.1) is 0 Å². The number of rotatable bonds is 7. The van der Waals surface area contributed by atoms with Gasteiger partial charge in [-0.3, -0.25) is 4.79 Å². The molecule has 0 saturated carbocycles. The lowest BCUT2D eigenvalue weighted by Gasteiger charge is -2.16. The summed E-state index contributed by atoms with van der Waals surface area (Å²) in [5, 5.41) is 14.0. The number of carbonyl (C=O) groups excluding carboxylic acids is 1. The molecule has 0 spiro atoms. The van der Waals surface area contributed by atoms with Gasteiger partial charge in [-0.25, -0.2) is 4.79 Å². The van der Waals surface area contributed by atoms with Crippen molar-refractivity contribution in [2.75, 3.05) is 18.6 Å². The molecule has 94 valence electrons. The quantitative estimate of drug-likeness (QED) is 0.631. The van der Waals surface area contributed by atoms with Crippen molar-refractivity contribution in [2.24, 2.45) is 5.92 Å². The molecule has 2 atom stereocenters. The molecule has 6 heteroatoms. The molecule has 0 aliphatic heterocycles. The average molecular weight is 248 g/mol. The van der Waals surface area contributed by atoms with E-state index in [1.165, 1.54) is 0 Å². The molecule has 0 aromatic rings. The van der Waals surface area contributed by atoms with E-state index in [4.69, 9.17) is 5.11 Å². The van der Waals surface area contributed by atoms with Gasteiger partial charge in [0.15, 0.2) is 0 Å². The second-order valence-corrected chi connectivity index (χ2v) is 4.56. The van der Waals surface area contributed by atoms with Crippen LogP contribution in [-0.2, 0) is 4.79 Å². The Morgan fingerprint density at radius 3 is 2.50 bits per heavy atom. The second kappa shape index (κ2) is 8.27. The minimum absolute atomic E-state index is 0.134. The number of urea groups is 1. The molecule has 0 heterocycles. The molecular weight excluding hydrogens is 228 g/mol. The van der Waals surface area contributed by atoms with Crippen LogP contribution in [0.15, 0.2) is 0 Å². The van der Waals surface area contributed by atoms with E-state index in [0.717, 1.165) is 12.2 Å². The van der Waals surface area contributed by atoms with Crippen molar-refractivity contribution >= 4 is 23.8 Å². The van der Waals surface area contributed by atoms with Crippen LogP contribution < -0.4 is 10.6 Å². The van der Waals surface area contributed by atoms with Crippen LogP contribution in [0.2, 0.25) is 0 Å². The van der Waals surface area contributed by atoms with Gasteiger partial charge in [-0.1, -0.05) is 13.8 Å². The standard InChI is InChI=1S/C10H20N2O3S/c1-4-8(6-16-3)12-10(15)11-5-7(2)9(13)14/h7-8H,4-6H2,1-3H3,(H,13,14)(H2,11,12,15). The summed E-state index contributed by atoms with van der Waals surface area (Å²) < 4.78 is 0. The van der Waals surface area contributed by atoms with Gasteiger partial charge in [-0.2, -0.15) is 11.8 Å². The highest BCUT2D eigenvalue weighted by Gasteiger charge is 2.13. The van der Waals surface area contributed by atoms with Crippen LogP contribution in [0.25, 0.3) is 0 Å². The smallest absolute Gasteiger partial charge is 0.315 e.